The average Bonchev–Trinajstić information content (AvgIpc) is 3.43. The van der Waals surface area contributed by atoms with Crippen molar-refractivity contribution in [3.05, 3.63) is 71.3 Å². The maximum atomic E-state index is 13.0. The van der Waals surface area contributed by atoms with Crippen LogP contribution < -0.4 is 5.32 Å². The van der Waals surface area contributed by atoms with E-state index in [9.17, 15) is 18.0 Å². The minimum atomic E-state index is -4.66. The molecule has 35 heavy (non-hydrogen) atoms. The van der Waals surface area contributed by atoms with Crippen LogP contribution in [-0.4, -0.2) is 30.5 Å². The molecule has 5 rings (SSSR count). The summed E-state index contributed by atoms with van der Waals surface area (Å²) >= 11 is 1.54. The molecule has 0 fully saturated rings. The molecule has 11 heteroatoms. The monoisotopic (exact) mass is 496 g/mol. The summed E-state index contributed by atoms with van der Waals surface area (Å²) in [4.78, 5) is 25.2. The van der Waals surface area contributed by atoms with Crippen molar-refractivity contribution in [1.29, 1.82) is 0 Å². The number of fused-ring (bicyclic) bond motifs is 2. The Morgan fingerprint density at radius 2 is 1.77 bits per heavy atom. The predicted octanol–water partition coefficient (Wildman–Crippen LogP) is 5.61. The Morgan fingerprint density at radius 1 is 1.03 bits per heavy atom. The van der Waals surface area contributed by atoms with Gasteiger partial charge in [0, 0.05) is 23.4 Å². The van der Waals surface area contributed by atoms with Gasteiger partial charge in [0.15, 0.2) is 0 Å². The van der Waals surface area contributed by atoms with E-state index in [-0.39, 0.29) is 24.5 Å². The third kappa shape index (κ3) is 4.46. The van der Waals surface area contributed by atoms with E-state index >= 15 is 0 Å². The van der Waals surface area contributed by atoms with Gasteiger partial charge in [-0.15, -0.1) is 16.4 Å². The number of nitrogens with one attached hydrogen (secondary N) is 1. The fraction of sp³-hybridized carbons (Fsp3) is 0.208. The SMILES string of the molecule is Cc1nc2nc(C(F)(F)F)nn2c(C)c1CCC(=O)Nc1ccccc1-c1nc2ccccc2s1. The average molecular weight is 497 g/mol. The molecule has 1 N–H and O–H groups in total. The Kier molecular flexibility index (Phi) is 5.72. The highest BCUT2D eigenvalue weighted by atomic mass is 32.1. The minimum Gasteiger partial charge on any atom is -0.325 e. The Morgan fingerprint density at radius 3 is 2.54 bits per heavy atom. The summed E-state index contributed by atoms with van der Waals surface area (Å²) in [5.74, 6) is -1.59. The molecule has 7 nitrogen and oxygen atoms in total. The van der Waals surface area contributed by atoms with Crippen molar-refractivity contribution in [2.75, 3.05) is 5.32 Å². The number of carbonyl (C=O) groups excluding carboxylic acids is 1. The molecule has 0 aliphatic rings. The molecule has 0 spiro atoms. The van der Waals surface area contributed by atoms with E-state index in [1.54, 1.807) is 25.2 Å². The zero-order valence-corrected chi connectivity index (χ0v) is 19.5. The molecule has 0 aliphatic carbocycles. The summed E-state index contributed by atoms with van der Waals surface area (Å²) in [6, 6.07) is 15.3. The number of nitrogens with zero attached hydrogens (tertiary/aromatic N) is 5. The fourth-order valence-corrected chi connectivity index (χ4v) is 4.91. The van der Waals surface area contributed by atoms with Crippen LogP contribution in [0.15, 0.2) is 48.5 Å². The minimum absolute atomic E-state index is 0.115. The highest BCUT2D eigenvalue weighted by Gasteiger charge is 2.37. The second kappa shape index (κ2) is 8.73. The Labute approximate surface area is 201 Å². The van der Waals surface area contributed by atoms with Crippen molar-refractivity contribution in [1.82, 2.24) is 24.6 Å². The highest BCUT2D eigenvalue weighted by Crippen LogP contribution is 2.34. The molecule has 0 aliphatic heterocycles. The number of hydrogen-bond acceptors (Lipinski definition) is 6. The number of benzene rings is 2. The summed E-state index contributed by atoms with van der Waals surface area (Å²) in [7, 11) is 0. The normalized spacial score (nSPS) is 11.9. The Balaban J connectivity index is 1.36. The van der Waals surface area contributed by atoms with Crippen molar-refractivity contribution in [2.45, 2.75) is 32.9 Å². The van der Waals surface area contributed by atoms with Crippen molar-refractivity contribution < 1.29 is 18.0 Å². The van der Waals surface area contributed by atoms with E-state index < -0.39 is 12.0 Å². The number of halogens is 3. The topological polar surface area (TPSA) is 85.1 Å². The lowest BCUT2D eigenvalue weighted by atomic mass is 10.1. The van der Waals surface area contributed by atoms with Crippen LogP contribution >= 0.6 is 11.3 Å². The Bertz CT molecular complexity index is 1540. The first-order valence-corrected chi connectivity index (χ1v) is 11.6. The summed E-state index contributed by atoms with van der Waals surface area (Å²) in [6.45, 7) is 3.33. The first kappa shape index (κ1) is 22.9. The van der Waals surface area contributed by atoms with Crippen molar-refractivity contribution in [2.24, 2.45) is 0 Å². The van der Waals surface area contributed by atoms with Crippen molar-refractivity contribution in [3.63, 3.8) is 0 Å². The van der Waals surface area contributed by atoms with Gasteiger partial charge >= 0.3 is 6.18 Å². The highest BCUT2D eigenvalue weighted by molar-refractivity contribution is 7.21. The number of amides is 1. The number of para-hydroxylation sites is 2. The second-order valence-electron chi connectivity index (χ2n) is 7.99. The molecule has 0 bridgehead atoms. The van der Waals surface area contributed by atoms with Gasteiger partial charge in [0.25, 0.3) is 11.6 Å². The number of anilines is 1. The quantitative estimate of drug-likeness (QED) is 0.342. The van der Waals surface area contributed by atoms with Gasteiger partial charge < -0.3 is 5.32 Å². The van der Waals surface area contributed by atoms with Gasteiger partial charge in [0.05, 0.1) is 15.9 Å². The number of alkyl halides is 3. The van der Waals surface area contributed by atoms with Crippen molar-refractivity contribution in [3.8, 4) is 10.6 Å². The molecular weight excluding hydrogens is 477 g/mol. The van der Waals surface area contributed by atoms with Crippen LogP contribution in [0, 0.1) is 13.8 Å². The lowest BCUT2D eigenvalue weighted by Gasteiger charge is -2.12. The van der Waals surface area contributed by atoms with Crippen LogP contribution in [0.5, 0.6) is 0 Å². The molecule has 2 aromatic carbocycles. The molecule has 0 saturated carbocycles. The van der Waals surface area contributed by atoms with Crippen LogP contribution in [0.1, 0.15) is 29.2 Å². The van der Waals surface area contributed by atoms with Gasteiger partial charge in [-0.3, -0.25) is 4.79 Å². The predicted molar refractivity (Wildman–Crippen MR) is 127 cm³/mol. The maximum Gasteiger partial charge on any atom is 0.453 e. The first-order chi connectivity index (χ1) is 16.7. The summed E-state index contributed by atoms with van der Waals surface area (Å²) in [5.41, 5.74) is 4.00. The summed E-state index contributed by atoms with van der Waals surface area (Å²) in [6.07, 6.45) is -4.26. The molecule has 0 unspecified atom stereocenters. The van der Waals surface area contributed by atoms with Gasteiger partial charge in [0.2, 0.25) is 5.91 Å². The van der Waals surface area contributed by atoms with Gasteiger partial charge in [-0.2, -0.15) is 18.2 Å². The molecule has 5 aromatic rings. The van der Waals surface area contributed by atoms with Gasteiger partial charge in [0.1, 0.15) is 5.01 Å². The summed E-state index contributed by atoms with van der Waals surface area (Å²) in [5, 5.41) is 7.30. The standard InChI is InChI=1S/C24H19F3N6OS/c1-13-15(14(2)33-23(28-13)31-22(32-33)24(25,26)27)11-12-20(34)29-17-8-4-3-7-16(17)21-30-18-9-5-6-10-19(18)35-21/h3-10H,11-12H2,1-2H3,(H,29,34). The number of hydrogen-bond donors (Lipinski definition) is 1. The van der Waals surface area contributed by atoms with E-state index in [4.69, 9.17) is 0 Å². The van der Waals surface area contributed by atoms with Gasteiger partial charge in [-0.25, -0.2) is 14.5 Å². The number of thiazole rings is 1. The van der Waals surface area contributed by atoms with E-state index in [1.807, 2.05) is 48.5 Å². The number of aryl methyl sites for hydroxylation is 2. The Hall–Kier alpha value is -3.86. The van der Waals surface area contributed by atoms with Crippen LogP contribution in [-0.2, 0) is 17.4 Å². The second-order valence-corrected chi connectivity index (χ2v) is 9.02. The van der Waals surface area contributed by atoms with Gasteiger partial charge in [-0.1, -0.05) is 24.3 Å². The smallest absolute Gasteiger partial charge is 0.325 e. The lowest BCUT2D eigenvalue weighted by molar-refractivity contribution is -0.144. The molecule has 0 saturated heterocycles. The van der Waals surface area contributed by atoms with E-state index in [0.29, 0.717) is 22.6 Å². The molecule has 0 radical (unpaired) electrons. The summed E-state index contributed by atoms with van der Waals surface area (Å²) < 4.78 is 41.2. The molecular formula is C24H19F3N6OS. The number of aromatic nitrogens is 5. The number of carbonyl (C=O) groups is 1. The van der Waals surface area contributed by atoms with E-state index in [2.05, 4.69) is 25.4 Å². The third-order valence-corrected chi connectivity index (χ3v) is 6.70. The molecule has 0 atom stereocenters. The lowest BCUT2D eigenvalue weighted by Crippen LogP contribution is -2.15. The molecule has 3 aromatic heterocycles. The maximum absolute atomic E-state index is 13.0. The van der Waals surface area contributed by atoms with Crippen LogP contribution in [0.2, 0.25) is 0 Å². The van der Waals surface area contributed by atoms with Crippen LogP contribution in [0.3, 0.4) is 0 Å². The number of rotatable bonds is 5. The molecule has 3 heterocycles. The van der Waals surface area contributed by atoms with Crippen molar-refractivity contribution >= 4 is 38.9 Å². The van der Waals surface area contributed by atoms with E-state index in [1.165, 1.54) is 0 Å². The third-order valence-electron chi connectivity index (χ3n) is 5.63. The van der Waals surface area contributed by atoms with E-state index in [0.717, 1.165) is 25.3 Å². The zero-order chi connectivity index (χ0) is 24.7. The van der Waals surface area contributed by atoms with Crippen LogP contribution in [0.25, 0.3) is 26.6 Å². The zero-order valence-electron chi connectivity index (χ0n) is 18.7. The fourth-order valence-electron chi connectivity index (χ4n) is 3.91. The molecule has 178 valence electrons. The largest absolute Gasteiger partial charge is 0.453 e. The van der Waals surface area contributed by atoms with Crippen LogP contribution in [0.4, 0.5) is 18.9 Å². The van der Waals surface area contributed by atoms with Gasteiger partial charge in [-0.05, 0) is 50.1 Å². The molecule has 1 amide bonds. The first-order valence-electron chi connectivity index (χ1n) is 10.8.